The SMILES string of the molecule is CCOc1cc(-c2ccc(Br)cc2)nc(-c2cccc(C(F)(F)F)c2)c1. The zero-order chi connectivity index (χ0) is 18.7. The van der Waals surface area contributed by atoms with Crippen LogP contribution in [0.1, 0.15) is 12.5 Å². The second-order valence-corrected chi connectivity index (χ2v) is 6.51. The molecule has 0 unspecified atom stereocenters. The Morgan fingerprint density at radius 1 is 0.923 bits per heavy atom. The lowest BCUT2D eigenvalue weighted by atomic mass is 10.1. The van der Waals surface area contributed by atoms with Crippen molar-refractivity contribution in [2.75, 3.05) is 6.61 Å². The van der Waals surface area contributed by atoms with E-state index in [1.54, 1.807) is 18.2 Å². The summed E-state index contributed by atoms with van der Waals surface area (Å²) in [7, 11) is 0. The standard InChI is InChI=1S/C20H15BrF3NO/c1-2-26-17-11-18(13-6-8-16(21)9-7-13)25-19(12-17)14-4-3-5-15(10-14)20(22,23)24/h3-12H,2H2,1H3. The van der Waals surface area contributed by atoms with Crippen LogP contribution in [0.15, 0.2) is 65.1 Å². The van der Waals surface area contributed by atoms with Crippen molar-refractivity contribution < 1.29 is 17.9 Å². The fraction of sp³-hybridized carbons (Fsp3) is 0.150. The highest BCUT2D eigenvalue weighted by Gasteiger charge is 2.30. The molecule has 26 heavy (non-hydrogen) atoms. The molecule has 3 rings (SSSR count). The summed E-state index contributed by atoms with van der Waals surface area (Å²) in [6.07, 6.45) is -4.40. The minimum absolute atomic E-state index is 0.389. The van der Waals surface area contributed by atoms with Crippen molar-refractivity contribution in [1.82, 2.24) is 4.98 Å². The van der Waals surface area contributed by atoms with Gasteiger partial charge in [0.05, 0.1) is 23.6 Å². The van der Waals surface area contributed by atoms with E-state index in [1.165, 1.54) is 6.07 Å². The number of rotatable bonds is 4. The fourth-order valence-corrected chi connectivity index (χ4v) is 2.79. The van der Waals surface area contributed by atoms with Crippen LogP contribution in [0, 0.1) is 0 Å². The van der Waals surface area contributed by atoms with Gasteiger partial charge in [-0.15, -0.1) is 0 Å². The fourth-order valence-electron chi connectivity index (χ4n) is 2.53. The van der Waals surface area contributed by atoms with Crippen LogP contribution in [-0.4, -0.2) is 11.6 Å². The number of hydrogen-bond donors (Lipinski definition) is 0. The maximum atomic E-state index is 13.0. The van der Waals surface area contributed by atoms with Gasteiger partial charge in [-0.1, -0.05) is 40.2 Å². The van der Waals surface area contributed by atoms with Crippen molar-refractivity contribution in [1.29, 1.82) is 0 Å². The van der Waals surface area contributed by atoms with Gasteiger partial charge in [0.25, 0.3) is 0 Å². The van der Waals surface area contributed by atoms with E-state index in [9.17, 15) is 13.2 Å². The van der Waals surface area contributed by atoms with E-state index in [0.717, 1.165) is 22.2 Å². The molecule has 0 aliphatic rings. The Morgan fingerprint density at radius 2 is 1.58 bits per heavy atom. The predicted molar refractivity (Wildman–Crippen MR) is 99.0 cm³/mol. The third kappa shape index (κ3) is 4.25. The van der Waals surface area contributed by atoms with E-state index < -0.39 is 11.7 Å². The third-order valence-corrected chi connectivity index (χ3v) is 4.26. The minimum atomic E-state index is -4.40. The molecular weight excluding hydrogens is 407 g/mol. The summed E-state index contributed by atoms with van der Waals surface area (Å²) < 4.78 is 45.6. The molecule has 0 bridgehead atoms. The lowest BCUT2D eigenvalue weighted by Gasteiger charge is -2.12. The van der Waals surface area contributed by atoms with Crippen LogP contribution in [0.4, 0.5) is 13.2 Å². The molecule has 134 valence electrons. The molecule has 3 aromatic rings. The normalized spacial score (nSPS) is 11.4. The number of halogens is 4. The van der Waals surface area contributed by atoms with E-state index in [2.05, 4.69) is 20.9 Å². The molecule has 2 nitrogen and oxygen atoms in total. The number of hydrogen-bond acceptors (Lipinski definition) is 2. The second-order valence-electron chi connectivity index (χ2n) is 5.59. The molecule has 0 aliphatic heterocycles. The summed E-state index contributed by atoms with van der Waals surface area (Å²) in [6, 6.07) is 16.1. The van der Waals surface area contributed by atoms with Crippen molar-refractivity contribution >= 4 is 15.9 Å². The summed E-state index contributed by atoms with van der Waals surface area (Å²) in [5.41, 5.74) is 1.60. The van der Waals surface area contributed by atoms with Crippen LogP contribution in [-0.2, 0) is 6.18 Å². The lowest BCUT2D eigenvalue weighted by molar-refractivity contribution is -0.137. The van der Waals surface area contributed by atoms with Gasteiger partial charge in [-0.2, -0.15) is 13.2 Å². The Balaban J connectivity index is 2.11. The summed E-state index contributed by atoms with van der Waals surface area (Å²) in [5.74, 6) is 0.563. The maximum absolute atomic E-state index is 13.0. The van der Waals surface area contributed by atoms with Crippen LogP contribution in [0.2, 0.25) is 0 Å². The molecule has 2 aromatic carbocycles. The zero-order valence-corrected chi connectivity index (χ0v) is 15.4. The number of aromatic nitrogens is 1. The Kier molecular flexibility index (Phi) is 5.32. The summed E-state index contributed by atoms with van der Waals surface area (Å²) in [6.45, 7) is 2.30. The van der Waals surface area contributed by atoms with Gasteiger partial charge in [0.2, 0.25) is 0 Å². The van der Waals surface area contributed by atoms with Gasteiger partial charge in [-0.3, -0.25) is 0 Å². The Labute approximate surface area is 157 Å². The Hall–Kier alpha value is -2.34. The van der Waals surface area contributed by atoms with E-state index in [-0.39, 0.29) is 0 Å². The lowest BCUT2D eigenvalue weighted by Crippen LogP contribution is -2.04. The van der Waals surface area contributed by atoms with Gasteiger partial charge in [-0.05, 0) is 31.2 Å². The number of alkyl halides is 3. The maximum Gasteiger partial charge on any atom is 0.416 e. The van der Waals surface area contributed by atoms with Crippen molar-refractivity contribution in [3.8, 4) is 28.3 Å². The molecule has 0 spiro atoms. The summed E-state index contributed by atoms with van der Waals surface area (Å²) >= 11 is 3.38. The predicted octanol–water partition coefficient (Wildman–Crippen LogP) is 6.60. The van der Waals surface area contributed by atoms with Gasteiger partial charge in [0.1, 0.15) is 5.75 Å². The van der Waals surface area contributed by atoms with Crippen LogP contribution < -0.4 is 4.74 Å². The van der Waals surface area contributed by atoms with E-state index >= 15 is 0 Å². The third-order valence-electron chi connectivity index (χ3n) is 3.74. The highest BCUT2D eigenvalue weighted by molar-refractivity contribution is 9.10. The first-order valence-corrected chi connectivity index (χ1v) is 8.74. The van der Waals surface area contributed by atoms with Crippen LogP contribution in [0.3, 0.4) is 0 Å². The largest absolute Gasteiger partial charge is 0.494 e. The summed E-state index contributed by atoms with van der Waals surface area (Å²) in [5, 5.41) is 0. The molecule has 0 radical (unpaired) electrons. The topological polar surface area (TPSA) is 22.1 Å². The molecule has 0 atom stereocenters. The van der Waals surface area contributed by atoms with Crippen molar-refractivity contribution in [3.63, 3.8) is 0 Å². The van der Waals surface area contributed by atoms with Crippen molar-refractivity contribution in [2.24, 2.45) is 0 Å². The Bertz CT molecular complexity index is 908. The zero-order valence-electron chi connectivity index (χ0n) is 13.8. The average molecular weight is 422 g/mol. The molecule has 0 aliphatic carbocycles. The number of benzene rings is 2. The van der Waals surface area contributed by atoms with Gasteiger partial charge >= 0.3 is 6.18 Å². The second kappa shape index (κ2) is 7.50. The molecule has 6 heteroatoms. The van der Waals surface area contributed by atoms with Crippen LogP contribution in [0.25, 0.3) is 22.5 Å². The van der Waals surface area contributed by atoms with Crippen molar-refractivity contribution in [3.05, 3.63) is 70.7 Å². The van der Waals surface area contributed by atoms with E-state index in [4.69, 9.17) is 4.74 Å². The van der Waals surface area contributed by atoms with Crippen LogP contribution in [0.5, 0.6) is 5.75 Å². The minimum Gasteiger partial charge on any atom is -0.494 e. The highest BCUT2D eigenvalue weighted by atomic mass is 79.9. The first-order valence-electron chi connectivity index (χ1n) is 7.95. The summed E-state index contributed by atoms with van der Waals surface area (Å²) in [4.78, 5) is 4.55. The van der Waals surface area contributed by atoms with Crippen LogP contribution >= 0.6 is 15.9 Å². The molecule has 0 saturated carbocycles. The van der Waals surface area contributed by atoms with Crippen molar-refractivity contribution in [2.45, 2.75) is 13.1 Å². The monoisotopic (exact) mass is 421 g/mol. The first-order chi connectivity index (χ1) is 12.4. The highest BCUT2D eigenvalue weighted by Crippen LogP contribution is 2.34. The molecule has 0 amide bonds. The molecule has 0 fully saturated rings. The average Bonchev–Trinajstić information content (AvgIpc) is 2.62. The molecule has 0 N–H and O–H groups in total. The number of nitrogens with zero attached hydrogens (tertiary/aromatic N) is 1. The first kappa shape index (κ1) is 18.5. The molecular formula is C20H15BrF3NO. The van der Waals surface area contributed by atoms with Gasteiger partial charge in [0.15, 0.2) is 0 Å². The molecule has 1 heterocycles. The molecule has 1 aromatic heterocycles. The van der Waals surface area contributed by atoms with Gasteiger partial charge in [-0.25, -0.2) is 4.98 Å². The Morgan fingerprint density at radius 3 is 2.19 bits per heavy atom. The smallest absolute Gasteiger partial charge is 0.416 e. The van der Waals surface area contributed by atoms with E-state index in [1.807, 2.05) is 31.2 Å². The van der Waals surface area contributed by atoms with E-state index in [0.29, 0.717) is 29.3 Å². The van der Waals surface area contributed by atoms with Gasteiger partial charge < -0.3 is 4.74 Å². The van der Waals surface area contributed by atoms with Gasteiger partial charge in [0, 0.05) is 27.7 Å². The quantitative estimate of drug-likeness (QED) is 0.473. The number of ether oxygens (including phenoxy) is 1. The number of pyridine rings is 1. The molecule has 0 saturated heterocycles.